The average Bonchev–Trinajstić information content (AvgIpc) is 3.49. The first kappa shape index (κ1) is 20.2. The molecule has 4 aliphatic carbocycles. The Morgan fingerprint density at radius 1 is 1.12 bits per heavy atom. The number of hydrogen-bond acceptors (Lipinski definition) is 7. The number of carbonyl (C=O) groups is 1. The molecule has 5 fully saturated rings. The molecule has 5 aliphatic rings. The molecule has 1 aliphatic heterocycles. The summed E-state index contributed by atoms with van der Waals surface area (Å²) in [5, 5.41) is 14.8. The van der Waals surface area contributed by atoms with Gasteiger partial charge in [0.15, 0.2) is 11.9 Å². The van der Waals surface area contributed by atoms with Crippen LogP contribution >= 0.6 is 0 Å². The van der Waals surface area contributed by atoms with Crippen molar-refractivity contribution in [1.82, 2.24) is 5.16 Å². The molecule has 7 rings (SSSR count). The van der Waals surface area contributed by atoms with Crippen molar-refractivity contribution in [3.05, 3.63) is 47.2 Å². The van der Waals surface area contributed by atoms with E-state index < -0.39 is 12.2 Å². The molecule has 4 saturated carbocycles. The number of benzene rings is 1. The van der Waals surface area contributed by atoms with E-state index in [2.05, 4.69) is 29.4 Å². The summed E-state index contributed by atoms with van der Waals surface area (Å²) in [6, 6.07) is 10.0. The molecule has 7 heteroatoms. The number of hydrogen-bond donors (Lipinski definition) is 1. The number of ether oxygens (including phenoxy) is 2. The monoisotopic (exact) mass is 438 g/mol. The standard InChI is InChI=1S/C25H30N2O5/c28-24(21-11-23(32-26-21)27(29)22-2-1-7-30-22)31-15-16-3-5-20(6-4-16)25-12-17-8-18(13-25)10-19(9-17)14-25/h3-6,11,17-19,22,29H,1-2,7-10,12-15H2. The summed E-state index contributed by atoms with van der Waals surface area (Å²) in [7, 11) is 0. The van der Waals surface area contributed by atoms with Crippen LogP contribution in [0.5, 0.6) is 0 Å². The predicted molar refractivity (Wildman–Crippen MR) is 115 cm³/mol. The van der Waals surface area contributed by atoms with Crippen molar-refractivity contribution in [2.75, 3.05) is 11.7 Å². The van der Waals surface area contributed by atoms with Gasteiger partial charge in [0, 0.05) is 12.7 Å². The van der Waals surface area contributed by atoms with E-state index in [-0.39, 0.29) is 18.2 Å². The zero-order valence-corrected chi connectivity index (χ0v) is 18.2. The molecule has 1 saturated heterocycles. The van der Waals surface area contributed by atoms with Crippen LogP contribution < -0.4 is 5.06 Å². The lowest BCUT2D eigenvalue weighted by Gasteiger charge is -2.57. The Bertz CT molecular complexity index is 943. The first-order chi connectivity index (χ1) is 15.6. The van der Waals surface area contributed by atoms with Gasteiger partial charge in [0.25, 0.3) is 5.88 Å². The van der Waals surface area contributed by atoms with Crippen molar-refractivity contribution in [2.24, 2.45) is 17.8 Å². The van der Waals surface area contributed by atoms with Gasteiger partial charge in [0.05, 0.1) is 0 Å². The summed E-state index contributed by atoms with van der Waals surface area (Å²) < 4.78 is 15.9. The Kier molecular flexibility index (Phi) is 4.99. The van der Waals surface area contributed by atoms with Crippen molar-refractivity contribution >= 4 is 11.9 Å². The third kappa shape index (κ3) is 3.61. The van der Waals surface area contributed by atoms with Crippen LogP contribution in [0.2, 0.25) is 0 Å². The number of esters is 1. The van der Waals surface area contributed by atoms with Gasteiger partial charge in [-0.2, -0.15) is 5.06 Å². The van der Waals surface area contributed by atoms with Crippen LogP contribution in [0.25, 0.3) is 0 Å². The SMILES string of the molecule is O=C(OCc1ccc(C23CC4CC(CC(C4)C2)C3)cc1)c1cc(N(O)C2CCCO2)on1. The van der Waals surface area contributed by atoms with Crippen molar-refractivity contribution < 1.29 is 24.0 Å². The minimum atomic E-state index is -0.578. The van der Waals surface area contributed by atoms with Gasteiger partial charge in [-0.05, 0) is 85.7 Å². The molecule has 2 aromatic rings. The highest BCUT2D eigenvalue weighted by molar-refractivity contribution is 5.87. The Morgan fingerprint density at radius 2 is 1.81 bits per heavy atom. The third-order valence-corrected chi connectivity index (χ3v) is 8.09. The molecule has 0 amide bonds. The van der Waals surface area contributed by atoms with Gasteiger partial charge in [0.1, 0.15) is 6.61 Å². The molecule has 1 unspecified atom stereocenters. The lowest BCUT2D eigenvalue weighted by molar-refractivity contribution is -0.00521. The minimum Gasteiger partial charge on any atom is -0.456 e. The van der Waals surface area contributed by atoms with Crippen LogP contribution in [-0.4, -0.2) is 29.2 Å². The molecule has 32 heavy (non-hydrogen) atoms. The molecular weight excluding hydrogens is 408 g/mol. The Labute approximate surface area is 187 Å². The second-order valence-electron chi connectivity index (χ2n) is 10.3. The number of anilines is 1. The van der Waals surface area contributed by atoms with E-state index in [4.69, 9.17) is 14.0 Å². The van der Waals surface area contributed by atoms with Crippen molar-refractivity contribution in [3.8, 4) is 0 Å². The Balaban J connectivity index is 1.07. The van der Waals surface area contributed by atoms with Gasteiger partial charge in [-0.25, -0.2) is 4.79 Å². The van der Waals surface area contributed by atoms with Crippen LogP contribution in [0.4, 0.5) is 5.88 Å². The average molecular weight is 439 g/mol. The maximum absolute atomic E-state index is 12.4. The first-order valence-electron chi connectivity index (χ1n) is 11.9. The number of rotatable bonds is 6. The highest BCUT2D eigenvalue weighted by atomic mass is 16.6. The number of carbonyl (C=O) groups excluding carboxylic acids is 1. The van der Waals surface area contributed by atoms with E-state index in [0.717, 1.165) is 34.8 Å². The summed E-state index contributed by atoms with van der Waals surface area (Å²) in [5.41, 5.74) is 2.83. The molecule has 0 spiro atoms. The molecule has 170 valence electrons. The fourth-order valence-electron chi connectivity index (χ4n) is 7.01. The fourth-order valence-corrected chi connectivity index (χ4v) is 7.01. The van der Waals surface area contributed by atoms with Crippen molar-refractivity contribution in [3.63, 3.8) is 0 Å². The highest BCUT2D eigenvalue weighted by Crippen LogP contribution is 2.60. The van der Waals surface area contributed by atoms with E-state index in [9.17, 15) is 10.0 Å². The van der Waals surface area contributed by atoms with E-state index in [1.807, 2.05) is 0 Å². The largest absolute Gasteiger partial charge is 0.456 e. The molecule has 7 nitrogen and oxygen atoms in total. The van der Waals surface area contributed by atoms with Gasteiger partial charge in [-0.15, -0.1) is 0 Å². The molecular formula is C25H30N2O5. The first-order valence-corrected chi connectivity index (χ1v) is 11.9. The number of hydroxylamine groups is 1. The van der Waals surface area contributed by atoms with Crippen LogP contribution in [0.15, 0.2) is 34.9 Å². The Hall–Kier alpha value is -2.38. The fraction of sp³-hybridized carbons (Fsp3) is 0.600. The van der Waals surface area contributed by atoms with Gasteiger partial charge in [-0.3, -0.25) is 5.21 Å². The number of aromatic nitrogens is 1. The molecule has 4 bridgehead atoms. The summed E-state index contributed by atoms with van der Waals surface area (Å²) in [4.78, 5) is 12.4. The third-order valence-electron chi connectivity index (χ3n) is 8.09. The maximum atomic E-state index is 12.4. The van der Waals surface area contributed by atoms with Gasteiger partial charge in [-0.1, -0.05) is 29.4 Å². The van der Waals surface area contributed by atoms with E-state index in [1.165, 1.54) is 50.2 Å². The molecule has 0 radical (unpaired) electrons. The molecule has 1 aromatic heterocycles. The minimum absolute atomic E-state index is 0.0298. The van der Waals surface area contributed by atoms with Crippen LogP contribution in [0, 0.1) is 17.8 Å². The quantitative estimate of drug-likeness (QED) is 0.511. The van der Waals surface area contributed by atoms with Crippen LogP contribution in [-0.2, 0) is 21.5 Å². The molecule has 1 N–H and O–H groups in total. The molecule has 1 atom stereocenters. The maximum Gasteiger partial charge on any atom is 0.360 e. The zero-order chi connectivity index (χ0) is 21.7. The van der Waals surface area contributed by atoms with E-state index in [0.29, 0.717) is 18.4 Å². The Morgan fingerprint density at radius 3 is 2.44 bits per heavy atom. The summed E-state index contributed by atoms with van der Waals surface area (Å²) in [6.45, 7) is 0.767. The van der Waals surface area contributed by atoms with Crippen molar-refractivity contribution in [1.29, 1.82) is 0 Å². The summed E-state index contributed by atoms with van der Waals surface area (Å²) in [6.07, 6.45) is 9.44. The predicted octanol–water partition coefficient (Wildman–Crippen LogP) is 4.83. The highest BCUT2D eigenvalue weighted by Gasteiger charge is 2.51. The topological polar surface area (TPSA) is 85.0 Å². The molecule has 2 heterocycles. The number of nitrogens with zero attached hydrogens (tertiary/aromatic N) is 2. The lowest BCUT2D eigenvalue weighted by Crippen LogP contribution is -2.48. The smallest absolute Gasteiger partial charge is 0.360 e. The van der Waals surface area contributed by atoms with Gasteiger partial charge >= 0.3 is 5.97 Å². The summed E-state index contributed by atoms with van der Waals surface area (Å²) in [5.74, 6) is 2.26. The van der Waals surface area contributed by atoms with Crippen molar-refractivity contribution in [2.45, 2.75) is 69.6 Å². The zero-order valence-electron chi connectivity index (χ0n) is 18.2. The van der Waals surface area contributed by atoms with E-state index in [1.54, 1.807) is 0 Å². The van der Waals surface area contributed by atoms with Gasteiger partial charge in [0.2, 0.25) is 0 Å². The van der Waals surface area contributed by atoms with Gasteiger partial charge < -0.3 is 14.0 Å². The summed E-state index contributed by atoms with van der Waals surface area (Å²) >= 11 is 0. The normalized spacial score (nSPS) is 32.9. The van der Waals surface area contributed by atoms with E-state index >= 15 is 0 Å². The lowest BCUT2D eigenvalue weighted by atomic mass is 9.48. The van der Waals surface area contributed by atoms with Crippen LogP contribution in [0.3, 0.4) is 0 Å². The van der Waals surface area contributed by atoms with Crippen LogP contribution in [0.1, 0.15) is 73.0 Å². The second kappa shape index (κ2) is 7.89. The second-order valence-corrected chi connectivity index (χ2v) is 10.3. The molecule has 1 aromatic carbocycles.